The average Bonchev–Trinajstić information content (AvgIpc) is 2.78. The first-order chi connectivity index (χ1) is 9.44. The van der Waals surface area contributed by atoms with E-state index in [2.05, 4.69) is 36.6 Å². The van der Waals surface area contributed by atoms with Gasteiger partial charge in [-0.05, 0) is 59.2 Å². The molecule has 1 aliphatic rings. The molecule has 1 aliphatic carbocycles. The SMILES string of the molecule is Cc1cc(S(=O)(=O)NCC2CCCCC2CBr)sc1Br. The van der Waals surface area contributed by atoms with E-state index < -0.39 is 10.0 Å². The van der Waals surface area contributed by atoms with Gasteiger partial charge in [0.05, 0.1) is 3.79 Å². The summed E-state index contributed by atoms with van der Waals surface area (Å²) in [5, 5.41) is 0.961. The van der Waals surface area contributed by atoms with Crippen LogP contribution in [0, 0.1) is 18.8 Å². The third kappa shape index (κ3) is 4.06. The Balaban J connectivity index is 2.01. The predicted molar refractivity (Wildman–Crippen MR) is 91.2 cm³/mol. The number of rotatable bonds is 5. The van der Waals surface area contributed by atoms with E-state index in [1.807, 2.05) is 6.92 Å². The van der Waals surface area contributed by atoms with Gasteiger partial charge in [-0.15, -0.1) is 11.3 Å². The molecular formula is C13H19Br2NO2S2. The molecule has 1 heterocycles. The molecule has 114 valence electrons. The smallest absolute Gasteiger partial charge is 0.210 e. The largest absolute Gasteiger partial charge is 0.250 e. The van der Waals surface area contributed by atoms with Crippen LogP contribution in [0.5, 0.6) is 0 Å². The number of hydrogen-bond acceptors (Lipinski definition) is 3. The van der Waals surface area contributed by atoms with Crippen LogP contribution < -0.4 is 4.72 Å². The third-order valence-corrected chi connectivity index (χ3v) is 8.77. The molecule has 1 aromatic heterocycles. The second kappa shape index (κ2) is 7.22. The second-order valence-corrected chi connectivity index (χ2v) is 10.3. The zero-order valence-corrected chi connectivity index (χ0v) is 16.2. The van der Waals surface area contributed by atoms with Gasteiger partial charge in [0.1, 0.15) is 4.21 Å². The molecular weight excluding hydrogens is 426 g/mol. The molecule has 0 radical (unpaired) electrons. The van der Waals surface area contributed by atoms with Crippen molar-refractivity contribution < 1.29 is 8.42 Å². The fourth-order valence-electron chi connectivity index (χ4n) is 2.61. The predicted octanol–water partition coefficient (Wildman–Crippen LogP) is 4.30. The van der Waals surface area contributed by atoms with Crippen LogP contribution in [0.3, 0.4) is 0 Å². The van der Waals surface area contributed by atoms with Gasteiger partial charge in [0.25, 0.3) is 0 Å². The van der Waals surface area contributed by atoms with Crippen molar-refractivity contribution in [1.29, 1.82) is 0 Å². The van der Waals surface area contributed by atoms with Gasteiger partial charge in [-0.25, -0.2) is 13.1 Å². The molecule has 0 amide bonds. The van der Waals surface area contributed by atoms with Crippen LogP contribution in [-0.2, 0) is 10.0 Å². The van der Waals surface area contributed by atoms with Crippen LogP contribution in [0.2, 0.25) is 0 Å². The highest BCUT2D eigenvalue weighted by Crippen LogP contribution is 2.33. The molecule has 2 unspecified atom stereocenters. The van der Waals surface area contributed by atoms with Crippen molar-refractivity contribution in [3.8, 4) is 0 Å². The van der Waals surface area contributed by atoms with Gasteiger partial charge in [0.2, 0.25) is 10.0 Å². The maximum absolute atomic E-state index is 12.3. The summed E-state index contributed by atoms with van der Waals surface area (Å²) in [6.45, 7) is 2.45. The molecule has 1 fully saturated rings. The highest BCUT2D eigenvalue weighted by molar-refractivity contribution is 9.11. The Kier molecular flexibility index (Phi) is 6.11. The monoisotopic (exact) mass is 443 g/mol. The fraction of sp³-hybridized carbons (Fsp3) is 0.692. The van der Waals surface area contributed by atoms with Crippen molar-refractivity contribution in [3.05, 3.63) is 15.4 Å². The Morgan fingerprint density at radius 1 is 1.35 bits per heavy atom. The molecule has 0 saturated heterocycles. The summed E-state index contributed by atoms with van der Waals surface area (Å²) < 4.78 is 28.7. The molecule has 1 saturated carbocycles. The maximum atomic E-state index is 12.3. The second-order valence-electron chi connectivity index (χ2n) is 5.33. The standard InChI is InChI=1S/C13H19Br2NO2S2/c1-9-6-12(19-13(9)15)20(17,18)16-8-11-5-3-2-4-10(11)7-14/h6,10-11,16H,2-5,7-8H2,1H3. The first kappa shape index (κ1) is 16.9. The fourth-order valence-corrected chi connectivity index (χ4v) is 6.83. The molecule has 2 atom stereocenters. The van der Waals surface area contributed by atoms with Crippen LogP contribution in [0.25, 0.3) is 0 Å². The van der Waals surface area contributed by atoms with Crippen molar-refractivity contribution in [3.63, 3.8) is 0 Å². The number of sulfonamides is 1. The molecule has 1 aromatic rings. The summed E-state index contributed by atoms with van der Waals surface area (Å²) in [6, 6.07) is 1.72. The Labute approximate surface area is 141 Å². The van der Waals surface area contributed by atoms with E-state index in [4.69, 9.17) is 0 Å². The number of thiophene rings is 1. The lowest BCUT2D eigenvalue weighted by atomic mass is 9.80. The van der Waals surface area contributed by atoms with Crippen LogP contribution >= 0.6 is 43.2 Å². The van der Waals surface area contributed by atoms with E-state index in [0.717, 1.165) is 21.1 Å². The van der Waals surface area contributed by atoms with Crippen molar-refractivity contribution in [1.82, 2.24) is 4.72 Å². The Hall–Kier alpha value is 0.570. The normalized spacial score (nSPS) is 23.9. The highest BCUT2D eigenvalue weighted by atomic mass is 79.9. The number of nitrogens with one attached hydrogen (secondary N) is 1. The quantitative estimate of drug-likeness (QED) is 0.688. The molecule has 0 aromatic carbocycles. The van der Waals surface area contributed by atoms with E-state index in [-0.39, 0.29) is 0 Å². The van der Waals surface area contributed by atoms with E-state index >= 15 is 0 Å². The average molecular weight is 445 g/mol. The summed E-state index contributed by atoms with van der Waals surface area (Å²) >= 11 is 8.20. The minimum atomic E-state index is -3.37. The van der Waals surface area contributed by atoms with E-state index in [0.29, 0.717) is 22.6 Å². The first-order valence-corrected chi connectivity index (χ1v) is 11.0. The first-order valence-electron chi connectivity index (χ1n) is 6.75. The Bertz CT molecular complexity index is 537. The molecule has 7 heteroatoms. The molecule has 0 bridgehead atoms. The highest BCUT2D eigenvalue weighted by Gasteiger charge is 2.26. The van der Waals surface area contributed by atoms with Gasteiger partial charge in [-0.2, -0.15) is 0 Å². The number of aryl methyl sites for hydroxylation is 1. The van der Waals surface area contributed by atoms with E-state index in [1.165, 1.54) is 30.6 Å². The van der Waals surface area contributed by atoms with Gasteiger partial charge < -0.3 is 0 Å². The van der Waals surface area contributed by atoms with Gasteiger partial charge in [-0.3, -0.25) is 0 Å². The molecule has 20 heavy (non-hydrogen) atoms. The van der Waals surface area contributed by atoms with Gasteiger partial charge >= 0.3 is 0 Å². The van der Waals surface area contributed by atoms with Crippen molar-refractivity contribution >= 4 is 53.2 Å². The van der Waals surface area contributed by atoms with Crippen molar-refractivity contribution in [2.45, 2.75) is 36.8 Å². The summed E-state index contributed by atoms with van der Waals surface area (Å²) in [5.41, 5.74) is 0.964. The van der Waals surface area contributed by atoms with Crippen LogP contribution in [0.1, 0.15) is 31.2 Å². The minimum Gasteiger partial charge on any atom is -0.210 e. The summed E-state index contributed by atoms with van der Waals surface area (Å²) in [5.74, 6) is 1.03. The maximum Gasteiger partial charge on any atom is 0.250 e. The van der Waals surface area contributed by atoms with Crippen LogP contribution in [-0.4, -0.2) is 20.3 Å². The summed E-state index contributed by atoms with van der Waals surface area (Å²) in [6.07, 6.45) is 4.78. The van der Waals surface area contributed by atoms with Gasteiger partial charge in [0.15, 0.2) is 0 Å². The summed E-state index contributed by atoms with van der Waals surface area (Å²) in [7, 11) is -3.37. The lowest BCUT2D eigenvalue weighted by Crippen LogP contribution is -2.34. The van der Waals surface area contributed by atoms with Crippen LogP contribution in [0.15, 0.2) is 14.1 Å². The lowest BCUT2D eigenvalue weighted by molar-refractivity contribution is 0.263. The van der Waals surface area contributed by atoms with E-state index in [1.54, 1.807) is 6.07 Å². The minimum absolute atomic E-state index is 0.396. The summed E-state index contributed by atoms with van der Waals surface area (Å²) in [4.78, 5) is 0. The molecule has 3 nitrogen and oxygen atoms in total. The number of halogens is 2. The lowest BCUT2D eigenvalue weighted by Gasteiger charge is -2.30. The molecule has 2 rings (SSSR count). The zero-order chi connectivity index (χ0) is 14.8. The van der Waals surface area contributed by atoms with Crippen molar-refractivity contribution in [2.24, 2.45) is 11.8 Å². The zero-order valence-electron chi connectivity index (χ0n) is 11.4. The van der Waals surface area contributed by atoms with Gasteiger partial charge in [0, 0.05) is 11.9 Å². The Morgan fingerprint density at radius 3 is 2.55 bits per heavy atom. The topological polar surface area (TPSA) is 46.2 Å². The molecule has 1 N–H and O–H groups in total. The van der Waals surface area contributed by atoms with Crippen molar-refractivity contribution in [2.75, 3.05) is 11.9 Å². The van der Waals surface area contributed by atoms with Gasteiger partial charge in [-0.1, -0.05) is 28.8 Å². The number of alkyl halides is 1. The van der Waals surface area contributed by atoms with Crippen LogP contribution in [0.4, 0.5) is 0 Å². The Morgan fingerprint density at radius 2 is 2.00 bits per heavy atom. The number of hydrogen-bond donors (Lipinski definition) is 1. The molecule has 0 aliphatic heterocycles. The third-order valence-electron chi connectivity index (χ3n) is 3.90. The van der Waals surface area contributed by atoms with E-state index in [9.17, 15) is 8.42 Å². The molecule has 0 spiro atoms.